The Balaban J connectivity index is 2.06. The fraction of sp³-hybridized carbons (Fsp3) is 0.294. The highest BCUT2D eigenvalue weighted by Crippen LogP contribution is 2.29. The maximum Gasteiger partial charge on any atom is 0.127 e. The molecule has 3 N–H and O–H groups in total. The van der Waals surface area contributed by atoms with E-state index in [-0.39, 0.29) is 0 Å². The van der Waals surface area contributed by atoms with Crippen LogP contribution in [-0.4, -0.2) is 11.7 Å². The summed E-state index contributed by atoms with van der Waals surface area (Å²) in [4.78, 5) is 0. The topological polar surface area (TPSA) is 55.5 Å². The van der Waals surface area contributed by atoms with Crippen molar-refractivity contribution >= 4 is 11.6 Å². The van der Waals surface area contributed by atoms with Gasteiger partial charge in [0.2, 0.25) is 0 Å². The molecular weight excluding hydrogens is 286 g/mol. The van der Waals surface area contributed by atoms with E-state index in [1.807, 2.05) is 36.4 Å². The lowest BCUT2D eigenvalue weighted by Gasteiger charge is -2.23. The van der Waals surface area contributed by atoms with E-state index < -0.39 is 5.60 Å². The van der Waals surface area contributed by atoms with Gasteiger partial charge >= 0.3 is 0 Å². The van der Waals surface area contributed by atoms with Crippen molar-refractivity contribution in [2.75, 3.05) is 6.54 Å². The van der Waals surface area contributed by atoms with Gasteiger partial charge in [0.25, 0.3) is 0 Å². The molecule has 2 aromatic rings. The zero-order chi connectivity index (χ0) is 15.3. The number of hydrogen-bond donors (Lipinski definition) is 2. The number of nitrogens with two attached hydrogens (primary N) is 1. The number of rotatable bonds is 6. The molecule has 0 aliphatic rings. The first kappa shape index (κ1) is 15.8. The van der Waals surface area contributed by atoms with Crippen LogP contribution < -0.4 is 10.5 Å². The van der Waals surface area contributed by atoms with Gasteiger partial charge in [-0.25, -0.2) is 0 Å². The molecule has 0 heterocycles. The second-order valence-electron chi connectivity index (χ2n) is 5.25. The first-order valence-corrected chi connectivity index (χ1v) is 7.35. The maximum absolute atomic E-state index is 10.4. The SMILES string of the molecule is CC(O)(CCCN)c1ccc(Oc2ccc(Cl)cc2)cc1. The van der Waals surface area contributed by atoms with Gasteiger partial charge in [0, 0.05) is 5.02 Å². The highest BCUT2D eigenvalue weighted by molar-refractivity contribution is 6.30. The van der Waals surface area contributed by atoms with Crippen molar-refractivity contribution in [1.82, 2.24) is 0 Å². The molecule has 0 saturated carbocycles. The van der Waals surface area contributed by atoms with E-state index in [1.165, 1.54) is 0 Å². The minimum Gasteiger partial charge on any atom is -0.457 e. The van der Waals surface area contributed by atoms with E-state index >= 15 is 0 Å². The zero-order valence-electron chi connectivity index (χ0n) is 12.1. The Morgan fingerprint density at radius 2 is 1.57 bits per heavy atom. The van der Waals surface area contributed by atoms with E-state index in [1.54, 1.807) is 19.1 Å². The van der Waals surface area contributed by atoms with Crippen LogP contribution in [0.1, 0.15) is 25.3 Å². The molecule has 0 bridgehead atoms. The molecule has 112 valence electrons. The molecule has 0 aromatic heterocycles. The van der Waals surface area contributed by atoms with Crippen LogP contribution in [0.25, 0.3) is 0 Å². The standard InChI is InChI=1S/C17H20ClNO2/c1-17(20,11-2-12-19)13-3-7-15(8-4-13)21-16-9-5-14(18)6-10-16/h3-10,20H,2,11-12,19H2,1H3. The molecule has 3 nitrogen and oxygen atoms in total. The molecule has 0 aliphatic carbocycles. The van der Waals surface area contributed by atoms with Gasteiger partial charge in [-0.2, -0.15) is 0 Å². The first-order valence-electron chi connectivity index (χ1n) is 6.98. The summed E-state index contributed by atoms with van der Waals surface area (Å²) in [6, 6.07) is 14.6. The van der Waals surface area contributed by atoms with Crippen molar-refractivity contribution in [3.05, 3.63) is 59.1 Å². The van der Waals surface area contributed by atoms with Crippen molar-refractivity contribution in [3.63, 3.8) is 0 Å². The summed E-state index contributed by atoms with van der Waals surface area (Å²) >= 11 is 5.84. The van der Waals surface area contributed by atoms with Crippen LogP contribution in [0, 0.1) is 0 Å². The molecule has 0 radical (unpaired) electrons. The number of halogens is 1. The summed E-state index contributed by atoms with van der Waals surface area (Å²) in [5.74, 6) is 1.44. The maximum atomic E-state index is 10.4. The smallest absolute Gasteiger partial charge is 0.127 e. The van der Waals surface area contributed by atoms with E-state index in [4.69, 9.17) is 22.1 Å². The normalized spacial score (nSPS) is 13.7. The van der Waals surface area contributed by atoms with Gasteiger partial charge < -0.3 is 15.6 Å². The van der Waals surface area contributed by atoms with Crippen molar-refractivity contribution < 1.29 is 9.84 Å². The predicted octanol–water partition coefficient (Wildman–Crippen LogP) is 4.08. The van der Waals surface area contributed by atoms with Crippen LogP contribution in [-0.2, 0) is 5.60 Å². The molecule has 0 saturated heterocycles. The second-order valence-corrected chi connectivity index (χ2v) is 5.68. The average Bonchev–Trinajstić information content (AvgIpc) is 2.48. The largest absolute Gasteiger partial charge is 0.457 e. The Bertz CT molecular complexity index is 564. The summed E-state index contributed by atoms with van der Waals surface area (Å²) in [5.41, 5.74) is 5.49. The van der Waals surface area contributed by atoms with Crippen molar-refractivity contribution in [1.29, 1.82) is 0 Å². The van der Waals surface area contributed by atoms with Crippen molar-refractivity contribution in [2.24, 2.45) is 5.73 Å². The zero-order valence-corrected chi connectivity index (χ0v) is 12.8. The Hall–Kier alpha value is -1.55. The van der Waals surface area contributed by atoms with Gasteiger partial charge in [0.15, 0.2) is 0 Å². The molecule has 2 rings (SSSR count). The third-order valence-corrected chi connectivity index (χ3v) is 3.65. The number of ether oxygens (including phenoxy) is 1. The fourth-order valence-electron chi connectivity index (χ4n) is 2.11. The lowest BCUT2D eigenvalue weighted by molar-refractivity contribution is 0.0462. The highest BCUT2D eigenvalue weighted by atomic mass is 35.5. The van der Waals surface area contributed by atoms with Crippen LogP contribution in [0.15, 0.2) is 48.5 Å². The quantitative estimate of drug-likeness (QED) is 0.845. The van der Waals surface area contributed by atoms with Crippen LogP contribution in [0.4, 0.5) is 0 Å². The molecule has 4 heteroatoms. The summed E-state index contributed by atoms with van der Waals surface area (Å²) in [6.07, 6.45) is 1.43. The van der Waals surface area contributed by atoms with Gasteiger partial charge in [0.05, 0.1) is 5.60 Å². The Labute approximate surface area is 130 Å². The second kappa shape index (κ2) is 6.94. The molecule has 0 fully saturated rings. The Kier molecular flexibility index (Phi) is 5.23. The molecule has 0 aliphatic heterocycles. The summed E-state index contributed by atoms with van der Waals surface area (Å²) in [7, 11) is 0. The monoisotopic (exact) mass is 305 g/mol. The van der Waals surface area contributed by atoms with E-state index in [0.717, 1.165) is 23.5 Å². The van der Waals surface area contributed by atoms with E-state index in [2.05, 4.69) is 0 Å². The van der Waals surface area contributed by atoms with Crippen LogP contribution in [0.5, 0.6) is 11.5 Å². The summed E-state index contributed by atoms with van der Waals surface area (Å²) in [5, 5.41) is 11.1. The van der Waals surface area contributed by atoms with Gasteiger partial charge in [-0.1, -0.05) is 23.7 Å². The van der Waals surface area contributed by atoms with Crippen molar-refractivity contribution in [3.8, 4) is 11.5 Å². The van der Waals surface area contributed by atoms with Crippen LogP contribution in [0.2, 0.25) is 5.02 Å². The third kappa shape index (κ3) is 4.46. The number of hydrogen-bond acceptors (Lipinski definition) is 3. The number of benzene rings is 2. The molecule has 0 spiro atoms. The summed E-state index contributed by atoms with van der Waals surface area (Å²) in [6.45, 7) is 2.38. The van der Waals surface area contributed by atoms with Gasteiger partial charge in [-0.05, 0) is 68.3 Å². The lowest BCUT2D eigenvalue weighted by Crippen LogP contribution is -2.22. The molecule has 2 aromatic carbocycles. The third-order valence-electron chi connectivity index (χ3n) is 3.39. The van der Waals surface area contributed by atoms with E-state index in [9.17, 15) is 5.11 Å². The minimum absolute atomic E-state index is 0.577. The van der Waals surface area contributed by atoms with Gasteiger partial charge in [-0.3, -0.25) is 0 Å². The predicted molar refractivity (Wildman–Crippen MR) is 85.8 cm³/mol. The molecule has 1 atom stereocenters. The minimum atomic E-state index is -0.863. The van der Waals surface area contributed by atoms with Crippen LogP contribution in [0.3, 0.4) is 0 Å². The molecule has 21 heavy (non-hydrogen) atoms. The average molecular weight is 306 g/mol. The fourth-order valence-corrected chi connectivity index (χ4v) is 2.24. The van der Waals surface area contributed by atoms with Gasteiger partial charge in [0.1, 0.15) is 11.5 Å². The lowest BCUT2D eigenvalue weighted by atomic mass is 9.91. The summed E-state index contributed by atoms with van der Waals surface area (Å²) < 4.78 is 5.72. The van der Waals surface area contributed by atoms with Gasteiger partial charge in [-0.15, -0.1) is 0 Å². The van der Waals surface area contributed by atoms with Crippen molar-refractivity contribution in [2.45, 2.75) is 25.4 Å². The Morgan fingerprint density at radius 1 is 1.05 bits per heavy atom. The molecule has 1 unspecified atom stereocenters. The molecular formula is C17H20ClNO2. The Morgan fingerprint density at radius 3 is 2.10 bits per heavy atom. The number of aliphatic hydroxyl groups is 1. The van der Waals surface area contributed by atoms with E-state index in [0.29, 0.717) is 18.0 Å². The first-order chi connectivity index (χ1) is 10.0. The van der Waals surface area contributed by atoms with Crippen LogP contribution >= 0.6 is 11.6 Å². The highest BCUT2D eigenvalue weighted by Gasteiger charge is 2.22. The molecule has 0 amide bonds.